The Balaban J connectivity index is 1.10. The number of hydrogen-bond donors (Lipinski definition) is 0. The zero-order valence-corrected chi connectivity index (χ0v) is 23.2. The van der Waals surface area contributed by atoms with Crippen molar-refractivity contribution in [3.8, 4) is 0 Å². The van der Waals surface area contributed by atoms with E-state index in [9.17, 15) is 0 Å². The summed E-state index contributed by atoms with van der Waals surface area (Å²) in [4.78, 5) is 28.7. The van der Waals surface area contributed by atoms with Gasteiger partial charge in [0.2, 0.25) is 0 Å². The van der Waals surface area contributed by atoms with Gasteiger partial charge in [-0.05, 0) is 48.4 Å². The van der Waals surface area contributed by atoms with E-state index in [4.69, 9.17) is 9.72 Å². The van der Waals surface area contributed by atoms with E-state index in [1.165, 1.54) is 5.56 Å². The molecule has 0 atom stereocenters. The molecule has 9 nitrogen and oxygen atoms in total. The second-order valence-electron chi connectivity index (χ2n) is 10.3. The van der Waals surface area contributed by atoms with Crippen LogP contribution >= 0.6 is 11.8 Å². The van der Waals surface area contributed by atoms with Gasteiger partial charge in [0.25, 0.3) is 0 Å². The van der Waals surface area contributed by atoms with Crippen molar-refractivity contribution in [1.29, 1.82) is 0 Å². The molecule has 5 aromatic rings. The van der Waals surface area contributed by atoms with E-state index in [2.05, 4.69) is 82.8 Å². The Morgan fingerprint density at radius 2 is 1.75 bits per heavy atom. The number of anilines is 3. The first kappa shape index (κ1) is 25.0. The average Bonchev–Trinajstić information content (AvgIpc) is 3.41. The third-order valence-electron chi connectivity index (χ3n) is 7.70. The predicted molar refractivity (Wildman–Crippen MR) is 156 cm³/mol. The monoisotopic (exact) mass is 550 g/mol. The molecule has 2 aromatic carbocycles. The molecule has 0 N–H and O–H groups in total. The Morgan fingerprint density at radius 1 is 0.900 bits per heavy atom. The first-order chi connectivity index (χ1) is 19.8. The highest BCUT2D eigenvalue weighted by molar-refractivity contribution is 7.99. The summed E-state index contributed by atoms with van der Waals surface area (Å²) in [5.41, 5.74) is 5.35. The largest absolute Gasteiger partial charge is 0.364 e. The number of ether oxygens (including phenoxy) is 1. The highest BCUT2D eigenvalue weighted by Crippen LogP contribution is 2.46. The Bertz CT molecular complexity index is 1630. The van der Waals surface area contributed by atoms with Crippen LogP contribution in [0.15, 0.2) is 83.5 Å². The van der Waals surface area contributed by atoms with E-state index in [0.717, 1.165) is 76.3 Å². The first-order valence-corrected chi connectivity index (χ1v) is 14.4. The maximum Gasteiger partial charge on any atom is 0.168 e. The van der Waals surface area contributed by atoms with Gasteiger partial charge in [-0.15, -0.1) is 0 Å². The van der Waals surface area contributed by atoms with Crippen LogP contribution in [0.4, 0.5) is 17.3 Å². The summed E-state index contributed by atoms with van der Waals surface area (Å²) in [6.07, 6.45) is 10.4. The number of methoxy groups -OCH3 is 1. The normalized spacial score (nSPS) is 15.3. The van der Waals surface area contributed by atoms with Crippen LogP contribution in [0.1, 0.15) is 24.0 Å². The minimum absolute atomic E-state index is 0.398. The van der Waals surface area contributed by atoms with E-state index < -0.39 is 0 Å². The highest BCUT2D eigenvalue weighted by atomic mass is 32.2. The van der Waals surface area contributed by atoms with E-state index in [1.54, 1.807) is 37.6 Å². The zero-order chi connectivity index (χ0) is 26.9. The fourth-order valence-corrected chi connectivity index (χ4v) is 6.71. The van der Waals surface area contributed by atoms with E-state index in [0.29, 0.717) is 19.2 Å². The van der Waals surface area contributed by atoms with Crippen molar-refractivity contribution in [2.75, 3.05) is 36.7 Å². The van der Waals surface area contributed by atoms with Gasteiger partial charge in [0.15, 0.2) is 22.8 Å². The highest BCUT2D eigenvalue weighted by Gasteiger charge is 2.27. The molecular formula is C30H30N8OS. The van der Waals surface area contributed by atoms with Gasteiger partial charge in [-0.2, -0.15) is 0 Å². The summed E-state index contributed by atoms with van der Waals surface area (Å²) >= 11 is 1.63. The summed E-state index contributed by atoms with van der Waals surface area (Å²) in [6.45, 7) is 3.02. The van der Waals surface area contributed by atoms with Crippen molar-refractivity contribution < 1.29 is 4.74 Å². The summed E-state index contributed by atoms with van der Waals surface area (Å²) in [7, 11) is 1.70. The molecule has 10 heteroatoms. The van der Waals surface area contributed by atoms with Crippen LogP contribution in [-0.2, 0) is 17.7 Å². The molecule has 3 aromatic heterocycles. The molecule has 5 heterocycles. The Kier molecular flexibility index (Phi) is 6.78. The average molecular weight is 551 g/mol. The summed E-state index contributed by atoms with van der Waals surface area (Å²) in [5, 5.41) is 0.883. The van der Waals surface area contributed by atoms with Crippen LogP contribution in [0, 0.1) is 5.92 Å². The molecule has 0 saturated carbocycles. The number of fused-ring (bicyclic) bond motifs is 3. The molecule has 0 aliphatic carbocycles. The van der Waals surface area contributed by atoms with Gasteiger partial charge in [-0.1, -0.05) is 48.2 Å². The quantitative estimate of drug-likeness (QED) is 0.267. The second-order valence-corrected chi connectivity index (χ2v) is 11.3. The lowest BCUT2D eigenvalue weighted by atomic mass is 9.90. The van der Waals surface area contributed by atoms with E-state index in [-0.39, 0.29) is 0 Å². The molecule has 0 radical (unpaired) electrons. The number of aromatic nitrogens is 6. The molecule has 2 aliphatic rings. The van der Waals surface area contributed by atoms with Gasteiger partial charge in [0, 0.05) is 37.5 Å². The van der Waals surface area contributed by atoms with Gasteiger partial charge in [0.05, 0.1) is 18.6 Å². The fourth-order valence-electron chi connectivity index (χ4n) is 5.72. The van der Waals surface area contributed by atoms with Gasteiger partial charge in [-0.25, -0.2) is 24.9 Å². The topological polar surface area (TPSA) is 85.1 Å². The Morgan fingerprint density at radius 3 is 2.60 bits per heavy atom. The summed E-state index contributed by atoms with van der Waals surface area (Å²) in [6, 6.07) is 17.3. The summed E-state index contributed by atoms with van der Waals surface area (Å²) in [5.74, 6) is 2.45. The smallest absolute Gasteiger partial charge is 0.168 e. The third-order valence-corrected chi connectivity index (χ3v) is 8.74. The van der Waals surface area contributed by atoms with Crippen molar-refractivity contribution in [1.82, 2.24) is 29.5 Å². The molecule has 1 saturated heterocycles. The van der Waals surface area contributed by atoms with Crippen LogP contribution in [0.3, 0.4) is 0 Å². The lowest BCUT2D eigenvalue weighted by Gasteiger charge is -2.32. The minimum Gasteiger partial charge on any atom is -0.364 e. The van der Waals surface area contributed by atoms with E-state index in [1.807, 2.05) is 6.33 Å². The predicted octanol–water partition coefficient (Wildman–Crippen LogP) is 5.33. The molecule has 0 spiro atoms. The minimum atomic E-state index is 0.398. The first-order valence-electron chi connectivity index (χ1n) is 13.6. The van der Waals surface area contributed by atoms with Crippen molar-refractivity contribution in [2.45, 2.75) is 35.7 Å². The Hall–Kier alpha value is -4.02. The van der Waals surface area contributed by atoms with Crippen LogP contribution in [0.5, 0.6) is 0 Å². The number of benzene rings is 2. The van der Waals surface area contributed by atoms with Crippen LogP contribution in [0.2, 0.25) is 0 Å². The summed E-state index contributed by atoms with van der Waals surface area (Å²) < 4.78 is 7.62. The Labute approximate surface area is 237 Å². The molecular weight excluding hydrogens is 520 g/mol. The van der Waals surface area contributed by atoms with Gasteiger partial charge < -0.3 is 14.2 Å². The van der Waals surface area contributed by atoms with Gasteiger partial charge >= 0.3 is 0 Å². The van der Waals surface area contributed by atoms with Crippen molar-refractivity contribution in [3.63, 3.8) is 0 Å². The zero-order valence-electron chi connectivity index (χ0n) is 22.3. The standard InChI is InChI=1S/C30H30N8OS/c1-39-20-38-24-16-23(7-8-25(24)40-30-29(38)31-11-12-32-30)17-37-19-35-26-27(33-18-34-28(26)37)36-13-9-22(10-14-36)15-21-5-3-2-4-6-21/h2-8,11-12,16,18-19,22H,9-10,13-15,17,20H2,1H3. The molecule has 40 heavy (non-hydrogen) atoms. The molecule has 0 unspecified atom stereocenters. The van der Waals surface area contributed by atoms with Crippen molar-refractivity contribution in [3.05, 3.63) is 84.7 Å². The fraction of sp³-hybridized carbons (Fsp3) is 0.300. The van der Waals surface area contributed by atoms with Crippen LogP contribution in [0.25, 0.3) is 11.2 Å². The molecule has 202 valence electrons. The molecule has 0 bridgehead atoms. The third kappa shape index (κ3) is 4.77. The lowest BCUT2D eigenvalue weighted by molar-refractivity contribution is 0.204. The molecule has 0 amide bonds. The van der Waals surface area contributed by atoms with Crippen LogP contribution in [-0.4, -0.2) is 56.4 Å². The number of imidazole rings is 1. The molecule has 2 aliphatic heterocycles. The van der Waals surface area contributed by atoms with Gasteiger partial charge in [0.1, 0.15) is 18.1 Å². The second kappa shape index (κ2) is 10.9. The number of nitrogens with zero attached hydrogens (tertiary/aromatic N) is 8. The van der Waals surface area contributed by atoms with Gasteiger partial charge in [-0.3, -0.25) is 4.90 Å². The maximum absolute atomic E-state index is 5.52. The number of rotatable bonds is 7. The van der Waals surface area contributed by atoms with Crippen LogP contribution < -0.4 is 9.80 Å². The molecule has 1 fully saturated rings. The number of piperidine rings is 1. The molecule has 7 rings (SSSR count). The maximum atomic E-state index is 5.52. The van der Waals surface area contributed by atoms with Crippen molar-refractivity contribution >= 4 is 40.2 Å². The SMILES string of the molecule is COCN1c2cc(Cn3cnc4c(N5CCC(Cc6ccccc6)CC5)ncnc43)ccc2Sc2nccnc21. The lowest BCUT2D eigenvalue weighted by Crippen LogP contribution is -2.35. The number of hydrogen-bond acceptors (Lipinski definition) is 9. The van der Waals surface area contributed by atoms with Crippen molar-refractivity contribution in [2.24, 2.45) is 5.92 Å². The van der Waals surface area contributed by atoms with E-state index >= 15 is 0 Å².